The molecule has 0 radical (unpaired) electrons. The predicted octanol–water partition coefficient (Wildman–Crippen LogP) is 8.29. The minimum Gasteiger partial charge on any atom is -0.508 e. The minimum absolute atomic E-state index is 0.0988. The Hall–Kier alpha value is -1.44. The van der Waals surface area contributed by atoms with Crippen molar-refractivity contribution in [2.24, 2.45) is 21.7 Å². The first-order chi connectivity index (χ1) is 16.9. The molecule has 1 atom stereocenters. The standard InChI is InChI=1S/C32H46O4S2/c1-27(2,3)22-14-19(15-23(37-22)28(4,5)6)13-21-26(33)31(34,32(21,35)36)18-20-16-24(29(7,8)9)38-25(17-20)30(10,11)12/h13-18,33-36H,1-12H3. The van der Waals surface area contributed by atoms with Crippen LogP contribution >= 0.6 is 23.5 Å². The number of aliphatic hydroxyl groups excluding tert-OH is 1. The average molecular weight is 559 g/mol. The van der Waals surface area contributed by atoms with Gasteiger partial charge in [0.2, 0.25) is 5.79 Å². The Bertz CT molecular complexity index is 1160. The first kappa shape index (κ1) is 31.1. The summed E-state index contributed by atoms with van der Waals surface area (Å²) >= 11 is 3.44. The maximum absolute atomic E-state index is 11.4. The first-order valence-corrected chi connectivity index (χ1v) is 14.8. The molecule has 0 fully saturated rings. The molecular formula is C32H46O4S2. The van der Waals surface area contributed by atoms with Gasteiger partial charge in [0.25, 0.3) is 0 Å². The fourth-order valence-electron chi connectivity index (χ4n) is 4.11. The molecule has 2 aliphatic heterocycles. The van der Waals surface area contributed by atoms with E-state index in [-0.39, 0.29) is 27.2 Å². The predicted molar refractivity (Wildman–Crippen MR) is 163 cm³/mol. The van der Waals surface area contributed by atoms with Gasteiger partial charge in [-0.1, -0.05) is 107 Å². The van der Waals surface area contributed by atoms with Crippen molar-refractivity contribution in [3.05, 3.63) is 78.6 Å². The van der Waals surface area contributed by atoms with Gasteiger partial charge in [0.05, 0.1) is 5.57 Å². The van der Waals surface area contributed by atoms with Crippen LogP contribution in [-0.4, -0.2) is 31.8 Å². The Kier molecular flexibility index (Phi) is 7.84. The Morgan fingerprint density at radius 1 is 0.579 bits per heavy atom. The highest BCUT2D eigenvalue weighted by Crippen LogP contribution is 2.53. The van der Waals surface area contributed by atoms with Gasteiger partial charge in [-0.3, -0.25) is 0 Å². The van der Waals surface area contributed by atoms with Crippen molar-refractivity contribution >= 4 is 23.5 Å². The Balaban J connectivity index is 2.14. The molecule has 3 aliphatic rings. The first-order valence-electron chi connectivity index (χ1n) is 13.2. The topological polar surface area (TPSA) is 80.9 Å². The van der Waals surface area contributed by atoms with Crippen molar-refractivity contribution in [3.63, 3.8) is 0 Å². The van der Waals surface area contributed by atoms with Gasteiger partial charge < -0.3 is 20.4 Å². The summed E-state index contributed by atoms with van der Waals surface area (Å²) in [5.41, 5.74) is -1.51. The smallest absolute Gasteiger partial charge is 0.234 e. The third-order valence-electron chi connectivity index (χ3n) is 6.80. The molecule has 1 unspecified atom stereocenters. The number of hydrogen-bond acceptors (Lipinski definition) is 6. The molecule has 0 bridgehead atoms. The van der Waals surface area contributed by atoms with Gasteiger partial charge in [0.1, 0.15) is 5.76 Å². The van der Waals surface area contributed by atoms with E-state index in [4.69, 9.17) is 0 Å². The van der Waals surface area contributed by atoms with Crippen LogP contribution in [-0.2, 0) is 0 Å². The third-order valence-corrected chi connectivity index (χ3v) is 10.6. The highest BCUT2D eigenvalue weighted by Gasteiger charge is 2.63. The molecule has 0 aromatic rings. The molecule has 6 heteroatoms. The quantitative estimate of drug-likeness (QED) is 0.255. The second-order valence-corrected chi connectivity index (χ2v) is 16.9. The zero-order chi connectivity index (χ0) is 29.3. The third kappa shape index (κ3) is 6.00. The molecule has 2 heterocycles. The summed E-state index contributed by atoms with van der Waals surface area (Å²) in [5, 5.41) is 44.7. The molecule has 1 aliphatic carbocycles. The average Bonchev–Trinajstić information content (AvgIpc) is 2.74. The lowest BCUT2D eigenvalue weighted by molar-refractivity contribution is -0.251. The van der Waals surface area contributed by atoms with Crippen LogP contribution in [0.3, 0.4) is 0 Å². The zero-order valence-corrected chi connectivity index (χ0v) is 26.7. The van der Waals surface area contributed by atoms with Gasteiger partial charge in [0.15, 0.2) is 5.60 Å². The van der Waals surface area contributed by atoms with Crippen molar-refractivity contribution in [1.29, 1.82) is 0 Å². The summed E-state index contributed by atoms with van der Waals surface area (Å²) in [6.45, 7) is 25.6. The SMILES string of the molecule is CC(C)(C)C1=CC(=CC2=C(O)C(O)(C=C3C=C(C(C)(C)C)SC(C(C)(C)C)=C3)C2(O)O)C=C(C(C)(C)C)S1. The molecule has 3 rings (SSSR count). The van der Waals surface area contributed by atoms with E-state index in [2.05, 4.69) is 83.1 Å². The second-order valence-electron chi connectivity index (χ2n) is 14.7. The summed E-state index contributed by atoms with van der Waals surface area (Å²) in [6.07, 6.45) is 10.9. The highest BCUT2D eigenvalue weighted by molar-refractivity contribution is 8.07. The van der Waals surface area contributed by atoms with Crippen molar-refractivity contribution < 1.29 is 20.4 Å². The molecule has 0 aromatic carbocycles. The van der Waals surface area contributed by atoms with E-state index < -0.39 is 17.1 Å². The van der Waals surface area contributed by atoms with E-state index in [9.17, 15) is 20.4 Å². The zero-order valence-electron chi connectivity index (χ0n) is 25.1. The molecule has 0 amide bonds. The number of allylic oxidation sites excluding steroid dienone is 10. The van der Waals surface area contributed by atoms with E-state index in [1.807, 2.05) is 24.3 Å². The van der Waals surface area contributed by atoms with Crippen LogP contribution < -0.4 is 0 Å². The van der Waals surface area contributed by atoms with Crippen LogP contribution in [0.5, 0.6) is 0 Å². The Morgan fingerprint density at radius 3 is 1.18 bits per heavy atom. The van der Waals surface area contributed by atoms with Gasteiger partial charge in [0, 0.05) is 0 Å². The molecular weight excluding hydrogens is 512 g/mol. The van der Waals surface area contributed by atoms with Crippen molar-refractivity contribution in [2.75, 3.05) is 0 Å². The lowest BCUT2D eigenvalue weighted by Gasteiger charge is -2.47. The molecule has 0 saturated carbocycles. The molecule has 0 spiro atoms. The number of rotatable bonds is 2. The van der Waals surface area contributed by atoms with Gasteiger partial charge in [-0.2, -0.15) is 0 Å². The van der Waals surface area contributed by atoms with Crippen LogP contribution in [0.1, 0.15) is 83.1 Å². The molecule has 4 N–H and O–H groups in total. The fourth-order valence-corrected chi connectivity index (χ4v) is 6.59. The van der Waals surface area contributed by atoms with Crippen LogP contribution in [0.25, 0.3) is 0 Å². The van der Waals surface area contributed by atoms with E-state index in [1.165, 1.54) is 6.08 Å². The van der Waals surface area contributed by atoms with Gasteiger partial charge in [-0.15, -0.1) is 0 Å². The monoisotopic (exact) mass is 558 g/mol. The van der Waals surface area contributed by atoms with Crippen LogP contribution in [0.4, 0.5) is 0 Å². The highest BCUT2D eigenvalue weighted by atomic mass is 32.2. The summed E-state index contributed by atoms with van der Waals surface area (Å²) < 4.78 is 0. The number of aliphatic hydroxyl groups is 4. The fraction of sp³-hybridized carbons (Fsp3) is 0.562. The largest absolute Gasteiger partial charge is 0.508 e. The van der Waals surface area contributed by atoms with Crippen molar-refractivity contribution in [3.8, 4) is 0 Å². The maximum Gasteiger partial charge on any atom is 0.234 e. The number of thioether (sulfide) groups is 2. The maximum atomic E-state index is 11.4. The lowest BCUT2D eigenvalue weighted by Crippen LogP contribution is -2.64. The van der Waals surface area contributed by atoms with Crippen LogP contribution in [0.2, 0.25) is 0 Å². The van der Waals surface area contributed by atoms with E-state index in [0.29, 0.717) is 5.57 Å². The van der Waals surface area contributed by atoms with E-state index >= 15 is 0 Å². The normalized spacial score (nSPS) is 24.8. The van der Waals surface area contributed by atoms with Crippen molar-refractivity contribution in [1.82, 2.24) is 0 Å². The summed E-state index contributed by atoms with van der Waals surface area (Å²) in [5.74, 6) is -3.10. The number of hydrogen-bond donors (Lipinski definition) is 4. The van der Waals surface area contributed by atoms with Gasteiger partial charge in [-0.25, -0.2) is 0 Å². The van der Waals surface area contributed by atoms with Gasteiger partial charge in [-0.05, 0) is 88.9 Å². The Labute approximate surface area is 238 Å². The second kappa shape index (κ2) is 9.59. The molecule has 0 aromatic heterocycles. The van der Waals surface area contributed by atoms with Crippen LogP contribution in [0, 0.1) is 21.7 Å². The summed E-state index contributed by atoms with van der Waals surface area (Å²) in [4.78, 5) is 4.50. The van der Waals surface area contributed by atoms with E-state index in [1.54, 1.807) is 29.6 Å². The summed E-state index contributed by atoms with van der Waals surface area (Å²) in [7, 11) is 0. The lowest BCUT2D eigenvalue weighted by atomic mass is 9.70. The molecule has 38 heavy (non-hydrogen) atoms. The van der Waals surface area contributed by atoms with E-state index in [0.717, 1.165) is 25.2 Å². The van der Waals surface area contributed by atoms with Crippen LogP contribution in [0.15, 0.2) is 78.6 Å². The Morgan fingerprint density at radius 2 is 0.895 bits per heavy atom. The molecule has 4 nitrogen and oxygen atoms in total. The van der Waals surface area contributed by atoms with Crippen molar-refractivity contribution in [2.45, 2.75) is 94.5 Å². The minimum atomic E-state index is -2.65. The molecule has 0 saturated heterocycles. The molecule has 210 valence electrons. The summed E-state index contributed by atoms with van der Waals surface area (Å²) in [6, 6.07) is 0. The van der Waals surface area contributed by atoms with Gasteiger partial charge >= 0.3 is 0 Å².